The number of hydrogen-bond acceptors (Lipinski definition) is 4. The normalized spacial score (nSPS) is 10.5. The van der Waals surface area contributed by atoms with Crippen LogP contribution in [-0.4, -0.2) is 21.0 Å². The molecular formula is C14H14FN3O2. The third-order valence-electron chi connectivity index (χ3n) is 2.75. The van der Waals surface area contributed by atoms with Crippen LogP contribution in [0, 0.1) is 12.7 Å². The van der Waals surface area contributed by atoms with Gasteiger partial charge in [-0.15, -0.1) is 0 Å². The van der Waals surface area contributed by atoms with Gasteiger partial charge in [0, 0.05) is 31.0 Å². The maximum absolute atomic E-state index is 13.6. The fraction of sp³-hybridized carbons (Fsp3) is 0.214. The molecule has 0 atom stereocenters. The Bertz CT molecular complexity index is 614. The molecule has 1 aromatic carbocycles. The first-order valence-corrected chi connectivity index (χ1v) is 6.06. The number of aromatic carboxylic acids is 1. The Morgan fingerprint density at radius 2 is 2.10 bits per heavy atom. The zero-order valence-electron chi connectivity index (χ0n) is 10.9. The summed E-state index contributed by atoms with van der Waals surface area (Å²) in [5.74, 6) is -1.51. The molecular weight excluding hydrogens is 261 g/mol. The second kappa shape index (κ2) is 6.21. The van der Waals surface area contributed by atoms with Gasteiger partial charge in [0.1, 0.15) is 5.82 Å². The molecule has 0 saturated heterocycles. The van der Waals surface area contributed by atoms with Crippen LogP contribution in [0.3, 0.4) is 0 Å². The number of aromatic nitrogens is 2. The molecule has 20 heavy (non-hydrogen) atoms. The van der Waals surface area contributed by atoms with Crippen LogP contribution in [0.15, 0.2) is 30.6 Å². The first-order chi connectivity index (χ1) is 9.56. The van der Waals surface area contributed by atoms with Crippen LogP contribution >= 0.6 is 0 Å². The van der Waals surface area contributed by atoms with E-state index in [1.807, 2.05) is 6.92 Å². The Kier molecular flexibility index (Phi) is 4.37. The highest BCUT2D eigenvalue weighted by atomic mass is 19.1. The van der Waals surface area contributed by atoms with Crippen molar-refractivity contribution in [3.8, 4) is 0 Å². The molecule has 0 fully saturated rings. The number of benzene rings is 1. The van der Waals surface area contributed by atoms with Crippen molar-refractivity contribution in [1.29, 1.82) is 0 Å². The van der Waals surface area contributed by atoms with E-state index in [0.29, 0.717) is 12.1 Å². The van der Waals surface area contributed by atoms with E-state index in [1.54, 1.807) is 12.4 Å². The maximum Gasteiger partial charge on any atom is 0.335 e. The van der Waals surface area contributed by atoms with Crippen LogP contribution in [-0.2, 0) is 13.1 Å². The van der Waals surface area contributed by atoms with Crippen LogP contribution < -0.4 is 5.32 Å². The van der Waals surface area contributed by atoms with E-state index in [-0.39, 0.29) is 12.1 Å². The van der Waals surface area contributed by atoms with Crippen molar-refractivity contribution >= 4 is 5.97 Å². The molecule has 0 bridgehead atoms. The summed E-state index contributed by atoms with van der Waals surface area (Å²) >= 11 is 0. The topological polar surface area (TPSA) is 75.1 Å². The number of nitrogens with zero attached hydrogens (tertiary/aromatic N) is 2. The lowest BCUT2D eigenvalue weighted by molar-refractivity contribution is 0.0696. The van der Waals surface area contributed by atoms with Crippen molar-refractivity contribution in [3.63, 3.8) is 0 Å². The molecule has 0 aliphatic rings. The van der Waals surface area contributed by atoms with Gasteiger partial charge in [0.25, 0.3) is 0 Å². The zero-order chi connectivity index (χ0) is 14.5. The molecule has 2 aromatic rings. The Hall–Kier alpha value is -2.34. The molecule has 5 nitrogen and oxygen atoms in total. The minimum absolute atomic E-state index is 0.0679. The molecule has 0 spiro atoms. The average Bonchev–Trinajstić information content (AvgIpc) is 2.43. The molecule has 1 heterocycles. The summed E-state index contributed by atoms with van der Waals surface area (Å²) in [6, 6.07) is 3.73. The Labute approximate surface area is 115 Å². The quantitative estimate of drug-likeness (QED) is 0.871. The highest BCUT2D eigenvalue weighted by Gasteiger charge is 2.08. The van der Waals surface area contributed by atoms with Gasteiger partial charge in [-0.05, 0) is 25.1 Å². The summed E-state index contributed by atoms with van der Waals surface area (Å²) in [7, 11) is 0. The van der Waals surface area contributed by atoms with Crippen molar-refractivity contribution in [1.82, 2.24) is 15.3 Å². The molecule has 0 saturated carbocycles. The predicted octanol–water partition coefficient (Wildman–Crippen LogP) is 1.91. The van der Waals surface area contributed by atoms with Crippen molar-refractivity contribution in [2.24, 2.45) is 0 Å². The first-order valence-electron chi connectivity index (χ1n) is 6.06. The summed E-state index contributed by atoms with van der Waals surface area (Å²) in [5, 5.41) is 11.9. The number of carboxylic acid groups (broad SMARTS) is 1. The highest BCUT2D eigenvalue weighted by Crippen LogP contribution is 2.11. The first kappa shape index (κ1) is 14.1. The standard InChI is InChI=1S/C14H14FN3O2/c1-9-5-18-12(8-17-9)7-16-6-11-4-10(14(19)20)2-3-13(11)15/h2-5,8,16H,6-7H2,1H3,(H,19,20). The van der Waals surface area contributed by atoms with Gasteiger partial charge in [0.05, 0.1) is 17.0 Å². The maximum atomic E-state index is 13.6. The minimum Gasteiger partial charge on any atom is -0.478 e. The van der Waals surface area contributed by atoms with Gasteiger partial charge in [0.15, 0.2) is 0 Å². The number of hydrogen-bond donors (Lipinski definition) is 2. The summed E-state index contributed by atoms with van der Waals surface area (Å²) in [4.78, 5) is 19.1. The third-order valence-corrected chi connectivity index (χ3v) is 2.75. The zero-order valence-corrected chi connectivity index (χ0v) is 10.9. The molecule has 2 N–H and O–H groups in total. The van der Waals surface area contributed by atoms with Crippen LogP contribution in [0.25, 0.3) is 0 Å². The molecule has 0 amide bonds. The van der Waals surface area contributed by atoms with Gasteiger partial charge in [-0.25, -0.2) is 9.18 Å². The third kappa shape index (κ3) is 3.58. The van der Waals surface area contributed by atoms with E-state index in [4.69, 9.17) is 5.11 Å². The SMILES string of the molecule is Cc1cnc(CNCc2cc(C(=O)O)ccc2F)cn1. The second-order valence-electron chi connectivity index (χ2n) is 4.36. The molecule has 0 aliphatic heterocycles. The number of rotatable bonds is 5. The van der Waals surface area contributed by atoms with Crippen LogP contribution in [0.4, 0.5) is 4.39 Å². The number of carboxylic acids is 1. The number of aryl methyl sites for hydroxylation is 1. The largest absolute Gasteiger partial charge is 0.478 e. The predicted molar refractivity (Wildman–Crippen MR) is 70.7 cm³/mol. The van der Waals surface area contributed by atoms with Crippen LogP contribution in [0.5, 0.6) is 0 Å². The van der Waals surface area contributed by atoms with E-state index in [1.165, 1.54) is 12.1 Å². The lowest BCUT2D eigenvalue weighted by Crippen LogP contribution is -2.15. The fourth-order valence-electron chi connectivity index (χ4n) is 1.68. The monoisotopic (exact) mass is 275 g/mol. The smallest absolute Gasteiger partial charge is 0.335 e. The Morgan fingerprint density at radius 1 is 1.30 bits per heavy atom. The van der Waals surface area contributed by atoms with Gasteiger partial charge in [-0.1, -0.05) is 0 Å². The lowest BCUT2D eigenvalue weighted by Gasteiger charge is -2.07. The van der Waals surface area contributed by atoms with Gasteiger partial charge in [-0.2, -0.15) is 0 Å². The molecule has 0 radical (unpaired) electrons. The molecule has 104 valence electrons. The Balaban J connectivity index is 1.98. The van der Waals surface area contributed by atoms with Gasteiger partial charge in [0.2, 0.25) is 0 Å². The fourth-order valence-corrected chi connectivity index (χ4v) is 1.68. The van der Waals surface area contributed by atoms with Crippen molar-refractivity contribution in [2.45, 2.75) is 20.0 Å². The van der Waals surface area contributed by atoms with E-state index in [9.17, 15) is 9.18 Å². The van der Waals surface area contributed by atoms with Crippen molar-refractivity contribution < 1.29 is 14.3 Å². The summed E-state index contributed by atoms with van der Waals surface area (Å²) < 4.78 is 13.6. The Morgan fingerprint density at radius 3 is 2.75 bits per heavy atom. The van der Waals surface area contributed by atoms with Crippen molar-refractivity contribution in [2.75, 3.05) is 0 Å². The molecule has 6 heteroatoms. The number of carbonyl (C=O) groups is 1. The van der Waals surface area contributed by atoms with E-state index in [2.05, 4.69) is 15.3 Å². The van der Waals surface area contributed by atoms with E-state index >= 15 is 0 Å². The van der Waals surface area contributed by atoms with Gasteiger partial charge in [-0.3, -0.25) is 9.97 Å². The number of nitrogens with one attached hydrogen (secondary N) is 1. The van der Waals surface area contributed by atoms with Gasteiger partial charge < -0.3 is 10.4 Å². The molecule has 0 unspecified atom stereocenters. The second-order valence-corrected chi connectivity index (χ2v) is 4.36. The van der Waals surface area contributed by atoms with Crippen LogP contribution in [0.1, 0.15) is 27.3 Å². The number of halogens is 1. The van der Waals surface area contributed by atoms with Gasteiger partial charge >= 0.3 is 5.97 Å². The molecule has 2 rings (SSSR count). The van der Waals surface area contributed by atoms with Crippen molar-refractivity contribution in [3.05, 3.63) is 58.9 Å². The summed E-state index contributed by atoms with van der Waals surface area (Å²) in [5.41, 5.74) is 1.95. The summed E-state index contributed by atoms with van der Waals surface area (Å²) in [6.45, 7) is 2.50. The van der Waals surface area contributed by atoms with E-state index in [0.717, 1.165) is 17.5 Å². The average molecular weight is 275 g/mol. The molecule has 1 aromatic heterocycles. The lowest BCUT2D eigenvalue weighted by atomic mass is 10.1. The van der Waals surface area contributed by atoms with Crippen LogP contribution in [0.2, 0.25) is 0 Å². The summed E-state index contributed by atoms with van der Waals surface area (Å²) in [6.07, 6.45) is 3.30. The van der Waals surface area contributed by atoms with E-state index < -0.39 is 11.8 Å². The minimum atomic E-state index is -1.07. The molecule has 0 aliphatic carbocycles. The highest BCUT2D eigenvalue weighted by molar-refractivity contribution is 5.87.